The molecule has 12 nitrogen and oxygen atoms in total. The fourth-order valence-electron chi connectivity index (χ4n) is 3.57. The highest BCUT2D eigenvalue weighted by molar-refractivity contribution is 5.95. The fourth-order valence-corrected chi connectivity index (χ4v) is 3.57. The van der Waals surface area contributed by atoms with Gasteiger partial charge in [0.1, 0.15) is 18.1 Å². The van der Waals surface area contributed by atoms with Crippen molar-refractivity contribution in [3.63, 3.8) is 0 Å². The number of rotatable bonds is 13. The number of amides is 3. The van der Waals surface area contributed by atoms with Gasteiger partial charge in [-0.3, -0.25) is 19.2 Å². The summed E-state index contributed by atoms with van der Waals surface area (Å²) in [6, 6.07) is -4.40. The Balaban J connectivity index is 2.87. The van der Waals surface area contributed by atoms with Crippen LogP contribution in [-0.4, -0.2) is 82.0 Å². The van der Waals surface area contributed by atoms with E-state index in [0.29, 0.717) is 38.8 Å². The second kappa shape index (κ2) is 13.0. The van der Waals surface area contributed by atoms with Crippen LogP contribution < -0.4 is 22.1 Å². The number of nitrogens with zero attached hydrogens (tertiary/aromatic N) is 1. The van der Waals surface area contributed by atoms with E-state index < -0.39 is 60.3 Å². The molecule has 3 amide bonds. The number of likely N-dealkylation sites (tertiary alicyclic amines) is 1. The van der Waals surface area contributed by atoms with E-state index in [0.717, 1.165) is 6.42 Å². The van der Waals surface area contributed by atoms with Crippen molar-refractivity contribution in [2.75, 3.05) is 13.1 Å². The number of hydrogen-bond acceptors (Lipinski definition) is 7. The normalized spacial score (nSPS) is 18.7. The van der Waals surface area contributed by atoms with Crippen LogP contribution in [0.1, 0.15) is 52.4 Å². The molecule has 182 valence electrons. The predicted molar refractivity (Wildman–Crippen MR) is 114 cm³/mol. The van der Waals surface area contributed by atoms with Gasteiger partial charge in [0, 0.05) is 6.54 Å². The first kappa shape index (κ1) is 27.3. The molecule has 0 saturated carbocycles. The molecule has 0 aromatic rings. The number of nitrogens with two attached hydrogens (primary N) is 2. The summed E-state index contributed by atoms with van der Waals surface area (Å²) in [7, 11) is 0. The summed E-state index contributed by atoms with van der Waals surface area (Å²) in [6.07, 6.45) is 2.00. The van der Waals surface area contributed by atoms with Gasteiger partial charge in [-0.1, -0.05) is 20.3 Å². The Kier molecular flexibility index (Phi) is 11.1. The third-order valence-corrected chi connectivity index (χ3v) is 5.37. The van der Waals surface area contributed by atoms with Crippen molar-refractivity contribution in [1.29, 1.82) is 0 Å². The summed E-state index contributed by atoms with van der Waals surface area (Å²) in [4.78, 5) is 62.0. The molecule has 0 aromatic heterocycles. The van der Waals surface area contributed by atoms with E-state index in [1.54, 1.807) is 13.8 Å². The third-order valence-electron chi connectivity index (χ3n) is 5.37. The zero-order chi connectivity index (χ0) is 24.4. The minimum absolute atomic E-state index is 0.325. The van der Waals surface area contributed by atoms with Crippen LogP contribution in [0.25, 0.3) is 0 Å². The van der Waals surface area contributed by atoms with E-state index in [-0.39, 0.29) is 5.91 Å². The lowest BCUT2D eigenvalue weighted by molar-refractivity contribution is -0.145. The van der Waals surface area contributed by atoms with Gasteiger partial charge in [0.15, 0.2) is 0 Å². The van der Waals surface area contributed by atoms with Gasteiger partial charge in [-0.25, -0.2) is 4.79 Å². The van der Waals surface area contributed by atoms with Gasteiger partial charge in [0.25, 0.3) is 0 Å². The van der Waals surface area contributed by atoms with Crippen molar-refractivity contribution in [2.24, 2.45) is 17.4 Å². The first-order valence-corrected chi connectivity index (χ1v) is 10.8. The molecular weight excluding hydrogens is 422 g/mol. The molecule has 0 bridgehead atoms. The van der Waals surface area contributed by atoms with Crippen molar-refractivity contribution < 1.29 is 34.2 Å². The minimum atomic E-state index is -1.49. The summed E-state index contributed by atoms with van der Waals surface area (Å²) < 4.78 is 0. The van der Waals surface area contributed by atoms with Crippen molar-refractivity contribution in [3.8, 4) is 0 Å². The van der Waals surface area contributed by atoms with Crippen molar-refractivity contribution in [1.82, 2.24) is 15.5 Å². The first-order valence-electron chi connectivity index (χ1n) is 10.8. The van der Waals surface area contributed by atoms with Gasteiger partial charge in [0.2, 0.25) is 17.7 Å². The molecule has 8 N–H and O–H groups in total. The third kappa shape index (κ3) is 8.08. The maximum Gasteiger partial charge on any atom is 0.326 e. The van der Waals surface area contributed by atoms with Crippen molar-refractivity contribution in [3.05, 3.63) is 0 Å². The lowest BCUT2D eigenvalue weighted by Gasteiger charge is -2.28. The molecule has 4 unspecified atom stereocenters. The van der Waals surface area contributed by atoms with Crippen LogP contribution in [0, 0.1) is 5.92 Å². The summed E-state index contributed by atoms with van der Waals surface area (Å²) in [5, 5.41) is 23.0. The topological polar surface area (TPSA) is 205 Å². The number of carbonyl (C=O) groups excluding carboxylic acids is 3. The molecule has 12 heteroatoms. The number of carboxylic acids is 2. The minimum Gasteiger partial charge on any atom is -0.481 e. The Hall–Kier alpha value is -2.73. The molecule has 32 heavy (non-hydrogen) atoms. The number of aliphatic carboxylic acids is 2. The molecule has 1 rings (SSSR count). The van der Waals surface area contributed by atoms with E-state index in [2.05, 4.69) is 10.6 Å². The van der Waals surface area contributed by atoms with Crippen LogP contribution in [-0.2, 0) is 24.0 Å². The molecule has 1 saturated heterocycles. The number of hydrogen-bond donors (Lipinski definition) is 6. The first-order chi connectivity index (χ1) is 15.0. The van der Waals surface area contributed by atoms with Crippen LogP contribution in [0.2, 0.25) is 0 Å². The Morgan fingerprint density at radius 1 is 1.09 bits per heavy atom. The molecule has 0 aliphatic carbocycles. The number of unbranched alkanes of at least 4 members (excludes halogenated alkanes) is 1. The van der Waals surface area contributed by atoms with Gasteiger partial charge >= 0.3 is 11.9 Å². The lowest BCUT2D eigenvalue weighted by Crippen LogP contribution is -2.57. The molecule has 1 fully saturated rings. The van der Waals surface area contributed by atoms with E-state index in [1.165, 1.54) is 4.90 Å². The highest BCUT2D eigenvalue weighted by Crippen LogP contribution is 2.19. The second-order valence-corrected chi connectivity index (χ2v) is 8.31. The van der Waals surface area contributed by atoms with Gasteiger partial charge in [-0.05, 0) is 38.1 Å². The Bertz CT molecular complexity index is 700. The summed E-state index contributed by atoms with van der Waals surface area (Å²) in [6.45, 7) is 3.99. The standard InChI is InChI=1S/C20H35N5O7/c1-11(2)16(20(31)32)24-17(28)13(10-15(26)27)23-18(29)14-7-5-9-25(14)19(30)12(22)6-3-4-8-21/h11-14,16H,3-10,21-22H2,1-2H3,(H,23,29)(H,24,28)(H,26,27)(H,31,32). The molecular formula is C20H35N5O7. The van der Waals surface area contributed by atoms with Crippen LogP contribution in [0.5, 0.6) is 0 Å². The second-order valence-electron chi connectivity index (χ2n) is 8.31. The molecule has 0 spiro atoms. The Morgan fingerprint density at radius 3 is 2.28 bits per heavy atom. The molecule has 0 aromatic carbocycles. The SMILES string of the molecule is CC(C)C(NC(=O)C(CC(=O)O)NC(=O)C1CCCN1C(=O)C(N)CCCCN)C(=O)O. The van der Waals surface area contributed by atoms with E-state index in [4.69, 9.17) is 16.6 Å². The zero-order valence-corrected chi connectivity index (χ0v) is 18.6. The quantitative estimate of drug-likeness (QED) is 0.180. The number of carbonyl (C=O) groups is 5. The maximum atomic E-state index is 12.8. The zero-order valence-electron chi connectivity index (χ0n) is 18.6. The van der Waals surface area contributed by atoms with Gasteiger partial charge in [0.05, 0.1) is 12.5 Å². The Morgan fingerprint density at radius 2 is 1.75 bits per heavy atom. The molecule has 4 atom stereocenters. The fraction of sp³-hybridized carbons (Fsp3) is 0.750. The van der Waals surface area contributed by atoms with Gasteiger partial charge in [-0.15, -0.1) is 0 Å². The van der Waals surface area contributed by atoms with Crippen LogP contribution in [0.15, 0.2) is 0 Å². The van der Waals surface area contributed by atoms with E-state index in [1.807, 2.05) is 0 Å². The summed E-state index contributed by atoms with van der Waals surface area (Å²) in [5.41, 5.74) is 11.4. The van der Waals surface area contributed by atoms with Crippen molar-refractivity contribution in [2.45, 2.75) is 76.5 Å². The summed E-state index contributed by atoms with van der Waals surface area (Å²) in [5.74, 6) is -5.06. The highest BCUT2D eigenvalue weighted by atomic mass is 16.4. The largest absolute Gasteiger partial charge is 0.481 e. The van der Waals surface area contributed by atoms with E-state index in [9.17, 15) is 29.1 Å². The molecule has 0 radical (unpaired) electrons. The average Bonchev–Trinajstić information content (AvgIpc) is 3.19. The maximum absolute atomic E-state index is 12.8. The van der Waals surface area contributed by atoms with Crippen LogP contribution in [0.4, 0.5) is 0 Å². The molecule has 1 aliphatic rings. The average molecular weight is 458 g/mol. The number of nitrogens with one attached hydrogen (secondary N) is 2. The van der Waals surface area contributed by atoms with Crippen molar-refractivity contribution >= 4 is 29.7 Å². The molecule has 1 aliphatic heterocycles. The lowest BCUT2D eigenvalue weighted by atomic mass is 10.0. The number of carboxylic acid groups (broad SMARTS) is 2. The monoisotopic (exact) mass is 457 g/mol. The molecule has 1 heterocycles. The highest BCUT2D eigenvalue weighted by Gasteiger charge is 2.38. The van der Waals surface area contributed by atoms with E-state index >= 15 is 0 Å². The smallest absolute Gasteiger partial charge is 0.326 e. The van der Waals surface area contributed by atoms with Gasteiger partial charge < -0.3 is 37.2 Å². The summed E-state index contributed by atoms with van der Waals surface area (Å²) >= 11 is 0. The van der Waals surface area contributed by atoms with Gasteiger partial charge in [-0.2, -0.15) is 0 Å². The van der Waals surface area contributed by atoms with Crippen LogP contribution in [0.3, 0.4) is 0 Å². The Labute approximate surface area is 187 Å². The predicted octanol–water partition coefficient (Wildman–Crippen LogP) is -1.38. The van der Waals surface area contributed by atoms with Crippen LogP contribution >= 0.6 is 0 Å².